The Morgan fingerprint density at radius 3 is 2.70 bits per heavy atom. The summed E-state index contributed by atoms with van der Waals surface area (Å²) in [4.78, 5) is 18.5. The molecular formula is C15H12N2OS2. The van der Waals surface area contributed by atoms with Gasteiger partial charge < -0.3 is 0 Å². The number of benzene rings is 1. The SMILES string of the molecule is Cc1ccnc(C2SC(=S)N(c3ccccc3)C2=O)c1. The van der Waals surface area contributed by atoms with Crippen LogP contribution in [-0.4, -0.2) is 15.2 Å². The fraction of sp³-hybridized carbons (Fsp3) is 0.133. The number of nitrogens with zero attached hydrogens (tertiary/aromatic N) is 2. The number of hydrogen-bond acceptors (Lipinski definition) is 4. The van der Waals surface area contributed by atoms with Crippen LogP contribution >= 0.6 is 24.0 Å². The highest BCUT2D eigenvalue weighted by Gasteiger charge is 2.39. The summed E-state index contributed by atoms with van der Waals surface area (Å²) in [6.07, 6.45) is 1.73. The highest BCUT2D eigenvalue weighted by atomic mass is 32.2. The zero-order valence-corrected chi connectivity index (χ0v) is 12.4. The lowest BCUT2D eigenvalue weighted by Crippen LogP contribution is -2.29. The van der Waals surface area contributed by atoms with Crippen LogP contribution in [0.5, 0.6) is 0 Å². The number of carbonyl (C=O) groups excluding carboxylic acids is 1. The van der Waals surface area contributed by atoms with Crippen LogP contribution in [0.3, 0.4) is 0 Å². The van der Waals surface area contributed by atoms with Crippen LogP contribution in [0.2, 0.25) is 0 Å². The van der Waals surface area contributed by atoms with Gasteiger partial charge in [-0.2, -0.15) is 0 Å². The normalized spacial score (nSPS) is 18.6. The lowest BCUT2D eigenvalue weighted by Gasteiger charge is -2.15. The summed E-state index contributed by atoms with van der Waals surface area (Å²) in [5.41, 5.74) is 2.67. The van der Waals surface area contributed by atoms with Gasteiger partial charge in [-0.05, 0) is 36.8 Å². The average molecular weight is 300 g/mol. The van der Waals surface area contributed by atoms with Gasteiger partial charge in [-0.3, -0.25) is 14.7 Å². The van der Waals surface area contributed by atoms with Crippen molar-refractivity contribution >= 4 is 39.9 Å². The van der Waals surface area contributed by atoms with Crippen molar-refractivity contribution in [3.05, 3.63) is 59.9 Å². The minimum absolute atomic E-state index is 0.0238. The third-order valence-electron chi connectivity index (χ3n) is 3.07. The predicted molar refractivity (Wildman–Crippen MR) is 85.8 cm³/mol. The van der Waals surface area contributed by atoms with Crippen molar-refractivity contribution in [3.8, 4) is 0 Å². The van der Waals surface area contributed by atoms with E-state index in [0.717, 1.165) is 16.9 Å². The summed E-state index contributed by atoms with van der Waals surface area (Å²) in [7, 11) is 0. The Morgan fingerprint density at radius 1 is 1.25 bits per heavy atom. The number of rotatable bonds is 2. The minimum Gasteiger partial charge on any atom is -0.272 e. The molecule has 0 radical (unpaired) electrons. The molecular weight excluding hydrogens is 288 g/mol. The molecule has 1 aromatic heterocycles. The maximum atomic E-state index is 12.6. The van der Waals surface area contributed by atoms with E-state index in [2.05, 4.69) is 4.98 Å². The molecule has 0 aliphatic carbocycles. The Balaban J connectivity index is 1.95. The van der Waals surface area contributed by atoms with Gasteiger partial charge in [-0.1, -0.05) is 42.2 Å². The Bertz CT molecular complexity index is 673. The summed E-state index contributed by atoms with van der Waals surface area (Å²) < 4.78 is 0.578. The number of thiocarbonyl (C=S) groups is 1. The fourth-order valence-electron chi connectivity index (χ4n) is 2.11. The highest BCUT2D eigenvalue weighted by molar-refractivity contribution is 8.24. The molecule has 2 aromatic rings. The molecule has 1 amide bonds. The first-order chi connectivity index (χ1) is 9.66. The summed E-state index contributed by atoms with van der Waals surface area (Å²) in [5, 5.41) is -0.345. The van der Waals surface area contributed by atoms with E-state index >= 15 is 0 Å². The smallest absolute Gasteiger partial charge is 0.252 e. The van der Waals surface area contributed by atoms with Gasteiger partial charge in [-0.15, -0.1) is 0 Å². The van der Waals surface area contributed by atoms with Gasteiger partial charge in [0.25, 0.3) is 5.91 Å². The molecule has 100 valence electrons. The number of pyridine rings is 1. The number of hydrogen-bond donors (Lipinski definition) is 0. The molecule has 1 aromatic carbocycles. The molecule has 1 aliphatic heterocycles. The molecule has 1 saturated heterocycles. The van der Waals surface area contributed by atoms with Gasteiger partial charge in [0.1, 0.15) is 9.57 Å². The summed E-state index contributed by atoms with van der Waals surface area (Å²) in [6, 6.07) is 13.3. The molecule has 20 heavy (non-hydrogen) atoms. The number of anilines is 1. The molecule has 3 rings (SSSR count). The van der Waals surface area contributed by atoms with Crippen molar-refractivity contribution in [1.82, 2.24) is 4.98 Å². The molecule has 3 nitrogen and oxygen atoms in total. The monoisotopic (exact) mass is 300 g/mol. The molecule has 1 aliphatic rings. The summed E-state index contributed by atoms with van der Waals surface area (Å²) in [5.74, 6) is -0.0238. The van der Waals surface area contributed by atoms with Gasteiger partial charge >= 0.3 is 0 Å². The van der Waals surface area contributed by atoms with Crippen LogP contribution in [0.15, 0.2) is 48.7 Å². The molecule has 0 saturated carbocycles. The van der Waals surface area contributed by atoms with Crippen molar-refractivity contribution in [3.63, 3.8) is 0 Å². The van der Waals surface area contributed by atoms with Gasteiger partial charge in [0.05, 0.1) is 11.4 Å². The number of amides is 1. The number of aromatic nitrogens is 1. The van der Waals surface area contributed by atoms with Gasteiger partial charge in [0, 0.05) is 6.20 Å². The molecule has 0 bridgehead atoms. The highest BCUT2D eigenvalue weighted by Crippen LogP contribution is 2.40. The van der Waals surface area contributed by atoms with Crippen molar-refractivity contribution in [2.24, 2.45) is 0 Å². The number of carbonyl (C=O) groups is 1. The van der Waals surface area contributed by atoms with Crippen LogP contribution in [0.1, 0.15) is 16.5 Å². The molecule has 2 heterocycles. The van der Waals surface area contributed by atoms with Crippen LogP contribution in [0.4, 0.5) is 5.69 Å². The maximum absolute atomic E-state index is 12.6. The molecule has 1 atom stereocenters. The van der Waals surface area contributed by atoms with E-state index in [1.165, 1.54) is 11.8 Å². The Morgan fingerprint density at radius 2 is 2.00 bits per heavy atom. The first-order valence-electron chi connectivity index (χ1n) is 6.19. The quantitative estimate of drug-likeness (QED) is 0.795. The Labute approximate surface area is 127 Å². The molecule has 1 unspecified atom stereocenters. The minimum atomic E-state index is -0.345. The van der Waals surface area contributed by atoms with E-state index in [-0.39, 0.29) is 11.2 Å². The van der Waals surface area contributed by atoms with Crippen molar-refractivity contribution in [1.29, 1.82) is 0 Å². The number of para-hydroxylation sites is 1. The average Bonchev–Trinajstić information content (AvgIpc) is 2.75. The van der Waals surface area contributed by atoms with Crippen LogP contribution in [-0.2, 0) is 4.79 Å². The molecule has 5 heteroatoms. The van der Waals surface area contributed by atoms with E-state index in [1.54, 1.807) is 11.1 Å². The number of thioether (sulfide) groups is 1. The lowest BCUT2D eigenvalue weighted by atomic mass is 10.2. The van der Waals surface area contributed by atoms with Crippen LogP contribution in [0.25, 0.3) is 0 Å². The van der Waals surface area contributed by atoms with Gasteiger partial charge in [0.2, 0.25) is 0 Å². The predicted octanol–water partition coefficient (Wildman–Crippen LogP) is 3.50. The first-order valence-corrected chi connectivity index (χ1v) is 7.48. The Hall–Kier alpha value is -1.72. The zero-order valence-electron chi connectivity index (χ0n) is 10.8. The standard InChI is InChI=1S/C15H12N2OS2/c1-10-7-8-16-12(9-10)13-14(18)17(15(19)20-13)11-5-3-2-4-6-11/h2-9,13H,1H3. The third-order valence-corrected chi connectivity index (χ3v) is 4.60. The Kier molecular flexibility index (Phi) is 3.54. The molecule has 1 fully saturated rings. The largest absolute Gasteiger partial charge is 0.272 e. The van der Waals surface area contributed by atoms with Gasteiger partial charge in [-0.25, -0.2) is 0 Å². The van der Waals surface area contributed by atoms with E-state index < -0.39 is 0 Å². The maximum Gasteiger partial charge on any atom is 0.252 e. The first kappa shape index (κ1) is 13.3. The van der Waals surface area contributed by atoms with Crippen molar-refractivity contribution < 1.29 is 4.79 Å². The van der Waals surface area contributed by atoms with Crippen molar-refractivity contribution in [2.75, 3.05) is 4.90 Å². The van der Waals surface area contributed by atoms with Crippen LogP contribution in [0, 0.1) is 6.92 Å². The molecule has 0 N–H and O–H groups in total. The second-order valence-electron chi connectivity index (χ2n) is 4.53. The van der Waals surface area contributed by atoms with Gasteiger partial charge in [0.15, 0.2) is 0 Å². The van der Waals surface area contributed by atoms with Crippen molar-refractivity contribution in [2.45, 2.75) is 12.2 Å². The zero-order chi connectivity index (χ0) is 14.1. The van der Waals surface area contributed by atoms with E-state index in [0.29, 0.717) is 4.32 Å². The topological polar surface area (TPSA) is 33.2 Å². The second-order valence-corrected chi connectivity index (χ2v) is 6.27. The fourth-order valence-corrected chi connectivity index (χ4v) is 3.55. The van der Waals surface area contributed by atoms with E-state index in [4.69, 9.17) is 12.2 Å². The van der Waals surface area contributed by atoms with E-state index in [9.17, 15) is 4.79 Å². The second kappa shape index (κ2) is 5.34. The lowest BCUT2D eigenvalue weighted by molar-refractivity contribution is -0.117. The summed E-state index contributed by atoms with van der Waals surface area (Å²) >= 11 is 6.73. The van der Waals surface area contributed by atoms with Crippen LogP contribution < -0.4 is 4.90 Å². The molecule has 0 spiro atoms. The summed E-state index contributed by atoms with van der Waals surface area (Å²) in [6.45, 7) is 1.99. The van der Waals surface area contributed by atoms with E-state index in [1.807, 2.05) is 49.4 Å². The third kappa shape index (κ3) is 2.34. The number of aryl methyl sites for hydroxylation is 1.